The molecule has 4 rings (SSSR count). The Balaban J connectivity index is 1.78. The van der Waals surface area contributed by atoms with Gasteiger partial charge in [0.05, 0.1) is 17.6 Å². The van der Waals surface area contributed by atoms with Gasteiger partial charge in [0.15, 0.2) is 11.5 Å². The van der Waals surface area contributed by atoms with Crippen LogP contribution in [0, 0.1) is 39.4 Å². The molecule has 0 amide bonds. The Labute approximate surface area is 256 Å². The van der Waals surface area contributed by atoms with E-state index in [1.165, 1.54) is 26.0 Å². The maximum Gasteiger partial charge on any atom is 0.303 e. The lowest BCUT2D eigenvalue weighted by Gasteiger charge is -2.63. The van der Waals surface area contributed by atoms with Crippen LogP contribution in [0.2, 0.25) is 0 Å². The summed E-state index contributed by atoms with van der Waals surface area (Å²) < 4.78 is 11.2. The van der Waals surface area contributed by atoms with Gasteiger partial charge in [-0.15, -0.1) is 0 Å². The number of ether oxygens (including phenoxy) is 2. The van der Waals surface area contributed by atoms with Gasteiger partial charge in [0.2, 0.25) is 5.78 Å². The highest BCUT2D eigenvalue weighted by Crippen LogP contribution is 2.73. The van der Waals surface area contributed by atoms with Crippen molar-refractivity contribution in [2.24, 2.45) is 39.4 Å². The molecule has 2 fully saturated rings. The molecule has 0 saturated heterocycles. The van der Waals surface area contributed by atoms with Crippen LogP contribution in [0.1, 0.15) is 95.4 Å². The molecule has 8 heteroatoms. The van der Waals surface area contributed by atoms with Gasteiger partial charge in [0.25, 0.3) is 0 Å². The predicted molar refractivity (Wildman–Crippen MR) is 161 cm³/mol. The number of rotatable bonds is 7. The second-order valence-electron chi connectivity index (χ2n) is 15.6. The number of hydrogen-bond donors (Lipinski definition) is 2. The Bertz CT molecular complexity index is 1330. The summed E-state index contributed by atoms with van der Waals surface area (Å²) in [7, 11) is 0. The highest BCUT2D eigenvalue weighted by Gasteiger charge is 2.74. The smallest absolute Gasteiger partial charge is 0.303 e. The zero-order chi connectivity index (χ0) is 32.7. The van der Waals surface area contributed by atoms with Gasteiger partial charge >= 0.3 is 5.97 Å². The molecule has 4 aliphatic carbocycles. The molecular formula is C35H50O8. The monoisotopic (exact) mass is 598 g/mol. The highest BCUT2D eigenvalue weighted by atomic mass is 16.6. The molecule has 2 N–H and O–H groups in total. The average molecular weight is 599 g/mol. The Morgan fingerprint density at radius 2 is 1.67 bits per heavy atom. The summed E-state index contributed by atoms with van der Waals surface area (Å²) in [6.45, 7) is 19.5. The minimum absolute atomic E-state index is 0.00717. The van der Waals surface area contributed by atoms with Gasteiger partial charge in [-0.25, -0.2) is 0 Å². The van der Waals surface area contributed by atoms with E-state index < -0.39 is 56.6 Å². The highest BCUT2D eigenvalue weighted by molar-refractivity contribution is 6.02. The normalized spacial score (nSPS) is 38.5. The number of aliphatic hydroxyl groups excluding tert-OH is 1. The quantitative estimate of drug-likeness (QED) is 0.237. The van der Waals surface area contributed by atoms with E-state index in [4.69, 9.17) is 9.47 Å². The summed E-state index contributed by atoms with van der Waals surface area (Å²) in [5, 5.41) is 23.5. The van der Waals surface area contributed by atoms with Crippen LogP contribution in [0.4, 0.5) is 0 Å². The van der Waals surface area contributed by atoms with Gasteiger partial charge in [-0.3, -0.25) is 19.2 Å². The molecule has 238 valence electrons. The van der Waals surface area contributed by atoms with E-state index in [-0.39, 0.29) is 41.7 Å². The Morgan fingerprint density at radius 1 is 1.07 bits per heavy atom. The summed E-state index contributed by atoms with van der Waals surface area (Å²) in [6.07, 6.45) is 6.26. The second-order valence-corrected chi connectivity index (χ2v) is 15.6. The van der Waals surface area contributed by atoms with Crippen molar-refractivity contribution in [3.05, 3.63) is 35.6 Å². The Hall–Kier alpha value is -2.58. The molecule has 0 aromatic heterocycles. The Morgan fingerprint density at radius 3 is 2.23 bits per heavy atom. The largest absolute Gasteiger partial charge is 0.488 e. The van der Waals surface area contributed by atoms with Crippen LogP contribution in [0.5, 0.6) is 0 Å². The summed E-state index contributed by atoms with van der Waals surface area (Å²) >= 11 is 0. The van der Waals surface area contributed by atoms with E-state index in [1.54, 1.807) is 13.8 Å². The van der Waals surface area contributed by atoms with Crippen LogP contribution in [0.15, 0.2) is 35.6 Å². The molecule has 0 heterocycles. The summed E-state index contributed by atoms with van der Waals surface area (Å²) in [5.74, 6) is -2.43. The van der Waals surface area contributed by atoms with Crippen molar-refractivity contribution in [2.75, 3.05) is 0 Å². The van der Waals surface area contributed by atoms with Gasteiger partial charge in [-0.1, -0.05) is 32.4 Å². The number of carbonyl (C=O) groups excluding carboxylic acids is 4. The first-order valence-electron chi connectivity index (χ1n) is 15.5. The Kier molecular flexibility index (Phi) is 7.93. The van der Waals surface area contributed by atoms with Crippen molar-refractivity contribution < 1.29 is 38.9 Å². The minimum Gasteiger partial charge on any atom is -0.488 e. The fourth-order valence-corrected chi connectivity index (χ4v) is 9.30. The van der Waals surface area contributed by atoms with Crippen LogP contribution in [0.3, 0.4) is 0 Å². The van der Waals surface area contributed by atoms with E-state index in [1.807, 2.05) is 47.6 Å². The molecule has 0 radical (unpaired) electrons. The maximum atomic E-state index is 14.5. The van der Waals surface area contributed by atoms with Crippen LogP contribution < -0.4 is 0 Å². The van der Waals surface area contributed by atoms with Crippen LogP contribution in [-0.4, -0.2) is 56.9 Å². The van der Waals surface area contributed by atoms with Gasteiger partial charge in [-0.05, 0) is 96.3 Å². The maximum absolute atomic E-state index is 14.5. The molecular weight excluding hydrogens is 548 g/mol. The number of Topliss-reactive ketones (excluding diaryl/α,β-unsaturated/α-hetero) is 2. The number of aliphatic hydroxyl groups is 2. The molecule has 2 saturated carbocycles. The van der Waals surface area contributed by atoms with Gasteiger partial charge in [-0.2, -0.15) is 0 Å². The second kappa shape index (κ2) is 10.2. The van der Waals surface area contributed by atoms with Crippen molar-refractivity contribution in [3.63, 3.8) is 0 Å². The van der Waals surface area contributed by atoms with E-state index in [2.05, 4.69) is 13.0 Å². The van der Waals surface area contributed by atoms with E-state index in [0.29, 0.717) is 12.8 Å². The van der Waals surface area contributed by atoms with Crippen molar-refractivity contribution in [1.29, 1.82) is 0 Å². The van der Waals surface area contributed by atoms with Crippen molar-refractivity contribution >= 4 is 23.3 Å². The first-order valence-corrected chi connectivity index (χ1v) is 15.5. The number of allylic oxidation sites excluding steroid dienone is 4. The molecule has 0 aromatic rings. The van der Waals surface area contributed by atoms with E-state index in [9.17, 15) is 29.4 Å². The summed E-state index contributed by atoms with van der Waals surface area (Å²) in [6, 6.07) is 0. The fourth-order valence-electron chi connectivity index (χ4n) is 9.30. The van der Waals surface area contributed by atoms with Crippen molar-refractivity contribution in [2.45, 2.75) is 119 Å². The topological polar surface area (TPSA) is 127 Å². The molecule has 0 bridgehead atoms. The number of ketones is 3. The molecule has 8 nitrogen and oxygen atoms in total. The van der Waals surface area contributed by atoms with Crippen LogP contribution in [-0.2, 0) is 28.7 Å². The third-order valence-electron chi connectivity index (χ3n) is 11.5. The SMILES string of the molecule is CC(=O)OC(C)(C)C=CC(=O)C(C)(O)C1C(O)CC2(C)C3CC=C4C(C=C(OC(C)C)C(=O)C4(C)C)C3(C)C(=O)CC12C. The zero-order valence-electron chi connectivity index (χ0n) is 27.7. The molecule has 8 unspecified atom stereocenters. The first-order chi connectivity index (χ1) is 19.5. The van der Waals surface area contributed by atoms with Gasteiger partial charge in [0, 0.05) is 30.6 Å². The zero-order valence-corrected chi connectivity index (χ0v) is 27.7. The lowest BCUT2D eigenvalue weighted by molar-refractivity contribution is -0.179. The lowest BCUT2D eigenvalue weighted by Crippen LogP contribution is -2.64. The minimum atomic E-state index is -1.99. The number of esters is 1. The first kappa shape index (κ1) is 33.3. The molecule has 8 atom stereocenters. The van der Waals surface area contributed by atoms with Gasteiger partial charge in [0.1, 0.15) is 17.0 Å². The summed E-state index contributed by atoms with van der Waals surface area (Å²) in [5.41, 5.74) is -5.37. The standard InChI is InChI=1S/C35H50O8/c1-19(2)42-24-16-22-21(31(6,7)29(24)40)12-13-25-32(8)17-23(37)28(33(32,9)18-27(39)34(22,25)10)35(11,41)26(38)14-15-30(4,5)43-20(3)36/h12,14-16,19,22-23,25,28,37,41H,13,17-18H2,1-11H3. The molecule has 0 spiro atoms. The van der Waals surface area contributed by atoms with E-state index in [0.717, 1.165) is 5.57 Å². The van der Waals surface area contributed by atoms with Crippen molar-refractivity contribution in [3.8, 4) is 0 Å². The van der Waals surface area contributed by atoms with Gasteiger partial charge < -0.3 is 19.7 Å². The molecule has 4 aliphatic rings. The number of fused-ring (bicyclic) bond motifs is 5. The van der Waals surface area contributed by atoms with E-state index >= 15 is 0 Å². The third kappa shape index (κ3) is 4.87. The molecule has 0 aromatic carbocycles. The molecule has 0 aliphatic heterocycles. The lowest BCUT2D eigenvalue weighted by atomic mass is 9.39. The molecule has 43 heavy (non-hydrogen) atoms. The summed E-state index contributed by atoms with van der Waals surface area (Å²) in [4.78, 5) is 53.0. The van der Waals surface area contributed by atoms with Crippen LogP contribution >= 0.6 is 0 Å². The van der Waals surface area contributed by atoms with Crippen molar-refractivity contribution in [1.82, 2.24) is 0 Å². The third-order valence-corrected chi connectivity index (χ3v) is 11.5. The predicted octanol–water partition coefficient (Wildman–Crippen LogP) is 5.06. The van der Waals surface area contributed by atoms with Crippen LogP contribution in [0.25, 0.3) is 0 Å². The average Bonchev–Trinajstić information content (AvgIpc) is 3.05. The fraction of sp³-hybridized carbons (Fsp3) is 0.714. The number of carbonyl (C=O) groups is 4. The number of hydrogen-bond acceptors (Lipinski definition) is 8.